The summed E-state index contributed by atoms with van der Waals surface area (Å²) in [6, 6.07) is 2.22. The van der Waals surface area contributed by atoms with Crippen molar-refractivity contribution in [3.63, 3.8) is 0 Å². The van der Waals surface area contributed by atoms with Gasteiger partial charge >= 0.3 is 15.6 Å². The molecule has 10 N–H and O–H groups in total. The van der Waals surface area contributed by atoms with Crippen molar-refractivity contribution in [1.29, 1.82) is 0 Å². The fourth-order valence-electron chi connectivity index (χ4n) is 5.59. The second kappa shape index (κ2) is 12.7. The lowest BCUT2D eigenvalue weighted by atomic mass is 10.1. The van der Waals surface area contributed by atoms with Crippen molar-refractivity contribution in [3.05, 3.63) is 36.4 Å². The Kier molecular flexibility index (Phi) is 9.50. The average Bonchev–Trinajstić information content (AvgIpc) is 3.57. The largest absolute Gasteiger partial charge is 0.481 e. The molecule has 4 heterocycles. The highest BCUT2D eigenvalue weighted by molar-refractivity contribution is 7.61. The van der Waals surface area contributed by atoms with E-state index >= 15 is 0 Å². The summed E-state index contributed by atoms with van der Waals surface area (Å²) in [6.07, 6.45) is -4.30. The Morgan fingerprint density at radius 3 is 2.47 bits per heavy atom. The fraction of sp³-hybridized carbons (Fsp3) is 0.565. The topological polar surface area (TPSA) is 298 Å². The highest BCUT2D eigenvalue weighted by atomic mass is 31.3. The first-order chi connectivity index (χ1) is 21.1. The number of amides is 1. The van der Waals surface area contributed by atoms with Crippen molar-refractivity contribution in [2.75, 3.05) is 42.5 Å². The van der Waals surface area contributed by atoms with Crippen LogP contribution < -0.4 is 25.8 Å². The van der Waals surface area contributed by atoms with Crippen molar-refractivity contribution in [1.82, 2.24) is 9.97 Å². The van der Waals surface area contributed by atoms with Crippen LogP contribution in [0.25, 0.3) is 0 Å². The number of nitrogens with two attached hydrogens (primary N) is 2. The van der Waals surface area contributed by atoms with E-state index in [-0.39, 0.29) is 24.5 Å². The Balaban J connectivity index is 1.15. The van der Waals surface area contributed by atoms with Gasteiger partial charge in [-0.25, -0.2) is 19.1 Å². The van der Waals surface area contributed by atoms with E-state index in [1.54, 1.807) is 11.9 Å². The third-order valence-corrected chi connectivity index (χ3v) is 10.4. The molecule has 0 bridgehead atoms. The Labute approximate surface area is 255 Å². The number of rotatable bonds is 11. The van der Waals surface area contributed by atoms with Gasteiger partial charge in [-0.3, -0.25) is 13.8 Å². The molecule has 3 aliphatic rings. The van der Waals surface area contributed by atoms with Crippen molar-refractivity contribution >= 4 is 38.9 Å². The van der Waals surface area contributed by atoms with Crippen LogP contribution in [-0.4, -0.2) is 110 Å². The number of nitrogens with zero attached hydrogens (tertiary/aromatic N) is 5. The van der Waals surface area contributed by atoms with Crippen LogP contribution in [0.3, 0.4) is 0 Å². The lowest BCUT2D eigenvalue weighted by Gasteiger charge is -2.27. The molecule has 20 nitrogen and oxygen atoms in total. The Morgan fingerprint density at radius 1 is 1.09 bits per heavy atom. The summed E-state index contributed by atoms with van der Waals surface area (Å²) in [6.45, 7) is -1.36. The van der Waals surface area contributed by atoms with Crippen LogP contribution in [0.15, 0.2) is 30.9 Å². The molecule has 10 unspecified atom stereocenters. The van der Waals surface area contributed by atoms with Gasteiger partial charge in [-0.05, 0) is 6.07 Å². The number of carbonyl (C=O) groups excluding carboxylic acids is 1. The van der Waals surface area contributed by atoms with Gasteiger partial charge in [-0.1, -0.05) is 0 Å². The quantitative estimate of drug-likeness (QED) is 0.0888. The summed E-state index contributed by atoms with van der Waals surface area (Å²) in [5.74, 6) is -1.13. The first kappa shape index (κ1) is 33.5. The second-order valence-corrected chi connectivity index (χ2v) is 13.9. The second-order valence-electron chi connectivity index (χ2n) is 10.8. The molecule has 2 aliphatic heterocycles. The highest BCUT2D eigenvalue weighted by Gasteiger charge is 2.50. The number of aliphatic hydroxyl groups excluding tert-OH is 4. The van der Waals surface area contributed by atoms with Crippen molar-refractivity contribution < 1.29 is 66.8 Å². The Morgan fingerprint density at radius 2 is 1.78 bits per heavy atom. The van der Waals surface area contributed by atoms with Gasteiger partial charge in [0.1, 0.15) is 42.0 Å². The maximum absolute atomic E-state index is 12.5. The number of aromatic nitrogens is 3. The zero-order valence-corrected chi connectivity index (χ0v) is 25.4. The summed E-state index contributed by atoms with van der Waals surface area (Å²) in [4.78, 5) is 43.0. The van der Waals surface area contributed by atoms with E-state index in [4.69, 9.17) is 25.3 Å². The molecule has 10 atom stereocenters. The number of hydrogen-bond donors (Lipinski definition) is 8. The molecule has 5 rings (SSSR count). The highest BCUT2D eigenvalue weighted by Crippen LogP contribution is 2.61. The van der Waals surface area contributed by atoms with Gasteiger partial charge in [-0.2, -0.15) is 8.88 Å². The predicted octanol–water partition coefficient (Wildman–Crippen LogP) is -2.66. The number of pyridine rings is 1. The van der Waals surface area contributed by atoms with E-state index < -0.39 is 83.5 Å². The maximum Gasteiger partial charge on any atom is 0.481 e. The first-order valence-corrected chi connectivity index (χ1v) is 16.5. The molecule has 45 heavy (non-hydrogen) atoms. The smallest absolute Gasteiger partial charge is 0.390 e. The summed E-state index contributed by atoms with van der Waals surface area (Å²) >= 11 is 0. The maximum atomic E-state index is 12.5. The fourth-order valence-corrected chi connectivity index (χ4v) is 7.73. The zero-order chi connectivity index (χ0) is 32.8. The molecule has 1 aliphatic carbocycles. The molecule has 1 amide bonds. The standard InChI is InChI=1S/C23H33N7O13P2/c1-28-10-30(22-15(28)20(24)26-9-27-22)23-19(34)18(33)14(42-23)8-41-45(38,39)43-44(36,37)40-7-12-5-13(17(32)16(12)31)29-4-2-3-11(6-29)21(25)35/h2-4,6,9,12-14,16-19,23,31-34H,5,7-8,10H2,1H3,(H5-,24,25,26,27,35,36,37,38,39)/p+1. The molecule has 2 aromatic rings. The lowest BCUT2D eigenvalue weighted by molar-refractivity contribution is -0.728. The Hall–Kier alpha value is -2.84. The molecule has 2 fully saturated rings. The van der Waals surface area contributed by atoms with Crippen LogP contribution >= 0.6 is 15.6 Å². The third kappa shape index (κ3) is 6.97. The van der Waals surface area contributed by atoms with Crippen molar-refractivity contribution in [2.24, 2.45) is 11.7 Å². The third-order valence-electron chi connectivity index (χ3n) is 7.81. The monoisotopic (exact) mass is 678 g/mol. The summed E-state index contributed by atoms with van der Waals surface area (Å²) in [7, 11) is -8.91. The van der Waals surface area contributed by atoms with E-state index in [0.29, 0.717) is 11.5 Å². The minimum Gasteiger partial charge on any atom is -0.390 e. The van der Waals surface area contributed by atoms with Gasteiger partial charge in [0.05, 0.1) is 26.0 Å². The number of fused-ring (bicyclic) bond motifs is 1. The summed E-state index contributed by atoms with van der Waals surface area (Å²) in [5, 5.41) is 42.2. The lowest BCUT2D eigenvalue weighted by Crippen LogP contribution is -2.45. The molecular weight excluding hydrogens is 644 g/mol. The molecule has 248 valence electrons. The number of carbonyl (C=O) groups is 1. The number of hydrogen-bond acceptors (Lipinski definition) is 16. The van der Waals surface area contributed by atoms with Crippen molar-refractivity contribution in [2.45, 2.75) is 49.2 Å². The van der Waals surface area contributed by atoms with E-state index in [9.17, 15) is 44.1 Å². The molecule has 1 saturated heterocycles. The minimum atomic E-state index is -5.32. The van der Waals surface area contributed by atoms with Crippen molar-refractivity contribution in [3.8, 4) is 0 Å². The van der Waals surface area contributed by atoms with Gasteiger partial charge in [0, 0.05) is 25.5 Å². The normalized spacial score (nSPS) is 32.3. The summed E-state index contributed by atoms with van der Waals surface area (Å²) in [5.41, 5.74) is 11.8. The number of aliphatic hydroxyl groups is 4. The van der Waals surface area contributed by atoms with Gasteiger partial charge in [0.15, 0.2) is 36.3 Å². The van der Waals surface area contributed by atoms with E-state index in [1.165, 1.54) is 40.3 Å². The van der Waals surface area contributed by atoms with Crippen LogP contribution in [0.1, 0.15) is 22.8 Å². The van der Waals surface area contributed by atoms with Crippen LogP contribution in [-0.2, 0) is 27.2 Å². The van der Waals surface area contributed by atoms with Crippen LogP contribution in [0, 0.1) is 5.92 Å². The minimum absolute atomic E-state index is 0.0266. The number of primary amides is 1. The number of phosphoric ester groups is 2. The number of phosphoric acid groups is 2. The van der Waals surface area contributed by atoms with Crippen LogP contribution in [0.2, 0.25) is 0 Å². The molecule has 0 spiro atoms. The van der Waals surface area contributed by atoms with Crippen LogP contribution in [0.4, 0.5) is 17.3 Å². The molecule has 22 heteroatoms. The van der Waals surface area contributed by atoms with E-state index in [2.05, 4.69) is 14.3 Å². The van der Waals surface area contributed by atoms with E-state index in [0.717, 1.165) is 0 Å². The average molecular weight is 679 g/mol. The van der Waals surface area contributed by atoms with Crippen LogP contribution in [0.5, 0.6) is 0 Å². The molecule has 2 aromatic heterocycles. The Bertz CT molecular complexity index is 1520. The van der Waals surface area contributed by atoms with Gasteiger partial charge in [0.2, 0.25) is 0 Å². The summed E-state index contributed by atoms with van der Waals surface area (Å²) < 4.78 is 46.1. The first-order valence-electron chi connectivity index (χ1n) is 13.5. The molecular formula is C23H34N7O13P2+. The van der Waals surface area contributed by atoms with Gasteiger partial charge in [0.25, 0.3) is 5.91 Å². The van der Waals surface area contributed by atoms with Gasteiger partial charge in [-0.15, -0.1) is 0 Å². The molecule has 0 radical (unpaired) electrons. The van der Waals surface area contributed by atoms with Gasteiger partial charge < -0.3 is 56.2 Å². The SMILES string of the molecule is CN1CN(C2OC(COP(=O)(O)OP(=O)(O)OCC3CC([n+]4cccc(C(N)=O)c4)C(O)C3O)C(O)C2O)c2ncnc(N)c21. The predicted molar refractivity (Wildman–Crippen MR) is 150 cm³/mol. The zero-order valence-electron chi connectivity index (χ0n) is 23.7. The van der Waals surface area contributed by atoms with E-state index in [1.807, 2.05) is 0 Å². The molecule has 1 saturated carbocycles. The molecule has 0 aromatic carbocycles. The number of ether oxygens (including phenoxy) is 1. The number of nitrogen functional groups attached to an aromatic ring is 1. The number of anilines is 3.